The van der Waals surface area contributed by atoms with Gasteiger partial charge in [0.15, 0.2) is 0 Å². The van der Waals surface area contributed by atoms with Crippen molar-refractivity contribution < 1.29 is 9.21 Å². The number of benzene rings is 3. The number of imidazole rings is 1. The number of para-hydroxylation sites is 2. The predicted molar refractivity (Wildman–Crippen MR) is 125 cm³/mol. The number of amides is 1. The summed E-state index contributed by atoms with van der Waals surface area (Å²) >= 11 is 1.22. The minimum absolute atomic E-state index is 0.118. The Morgan fingerprint density at radius 2 is 1.88 bits per heavy atom. The van der Waals surface area contributed by atoms with E-state index in [4.69, 9.17) is 4.42 Å². The molecule has 2 aromatic heterocycles. The van der Waals surface area contributed by atoms with E-state index in [-0.39, 0.29) is 17.7 Å². The molecule has 32 heavy (non-hydrogen) atoms. The van der Waals surface area contributed by atoms with E-state index in [9.17, 15) is 4.79 Å². The number of carbonyl (C=O) groups excluding carboxylic acids is 1. The molecule has 7 nitrogen and oxygen atoms in total. The number of aromatic amines is 1. The van der Waals surface area contributed by atoms with Crippen molar-refractivity contribution in [2.75, 3.05) is 5.75 Å². The van der Waals surface area contributed by atoms with Crippen LogP contribution in [0.3, 0.4) is 0 Å². The molecule has 0 radical (unpaired) electrons. The summed E-state index contributed by atoms with van der Waals surface area (Å²) in [6.45, 7) is 2.01. The SMILES string of the molecule is CCC(NC(=O)CSc1nnc(-c2ccc3ccccc3c2)o1)c1nc2ccccc2[nH]1. The van der Waals surface area contributed by atoms with Gasteiger partial charge in [0.2, 0.25) is 11.8 Å². The lowest BCUT2D eigenvalue weighted by Gasteiger charge is -2.14. The third kappa shape index (κ3) is 4.22. The molecular weight excluding hydrogens is 422 g/mol. The Bertz CT molecular complexity index is 1360. The Kier molecular flexibility index (Phi) is 5.60. The van der Waals surface area contributed by atoms with E-state index >= 15 is 0 Å². The van der Waals surface area contributed by atoms with Gasteiger partial charge in [-0.2, -0.15) is 0 Å². The maximum Gasteiger partial charge on any atom is 0.277 e. The molecule has 3 aromatic carbocycles. The van der Waals surface area contributed by atoms with Crippen molar-refractivity contribution in [2.45, 2.75) is 24.6 Å². The highest BCUT2D eigenvalue weighted by atomic mass is 32.2. The first kappa shape index (κ1) is 20.3. The minimum Gasteiger partial charge on any atom is -0.411 e. The van der Waals surface area contributed by atoms with Gasteiger partial charge in [-0.25, -0.2) is 4.98 Å². The summed E-state index contributed by atoms with van der Waals surface area (Å²) < 4.78 is 5.77. The van der Waals surface area contributed by atoms with Gasteiger partial charge in [0.05, 0.1) is 22.8 Å². The number of H-pyrrole nitrogens is 1. The molecule has 1 amide bonds. The molecule has 2 N–H and O–H groups in total. The number of fused-ring (bicyclic) bond motifs is 2. The van der Waals surface area contributed by atoms with Crippen LogP contribution >= 0.6 is 11.8 Å². The second-order valence-corrected chi connectivity index (χ2v) is 8.32. The molecule has 1 unspecified atom stereocenters. The normalized spacial score (nSPS) is 12.3. The zero-order chi connectivity index (χ0) is 21.9. The Morgan fingerprint density at radius 3 is 2.72 bits per heavy atom. The summed E-state index contributed by atoms with van der Waals surface area (Å²) in [6, 6.07) is 21.7. The van der Waals surface area contributed by atoms with Crippen molar-refractivity contribution in [3.63, 3.8) is 0 Å². The zero-order valence-corrected chi connectivity index (χ0v) is 18.2. The molecule has 0 aliphatic rings. The molecule has 0 aliphatic heterocycles. The molecule has 160 valence electrons. The Balaban J connectivity index is 1.22. The summed E-state index contributed by atoms with van der Waals surface area (Å²) in [6.07, 6.45) is 0.725. The second kappa shape index (κ2) is 8.84. The maximum absolute atomic E-state index is 12.5. The van der Waals surface area contributed by atoms with Crippen LogP contribution in [0.2, 0.25) is 0 Å². The van der Waals surface area contributed by atoms with E-state index in [1.807, 2.05) is 67.6 Å². The first-order chi connectivity index (χ1) is 15.7. The van der Waals surface area contributed by atoms with Crippen molar-refractivity contribution in [1.29, 1.82) is 0 Å². The van der Waals surface area contributed by atoms with Crippen molar-refractivity contribution in [3.8, 4) is 11.5 Å². The molecule has 0 fully saturated rings. The zero-order valence-electron chi connectivity index (χ0n) is 17.4. The fourth-order valence-electron chi connectivity index (χ4n) is 3.57. The van der Waals surface area contributed by atoms with E-state index in [1.165, 1.54) is 11.8 Å². The summed E-state index contributed by atoms with van der Waals surface area (Å²) in [4.78, 5) is 20.4. The Morgan fingerprint density at radius 1 is 1.06 bits per heavy atom. The number of thioether (sulfide) groups is 1. The molecule has 1 atom stereocenters. The second-order valence-electron chi connectivity index (χ2n) is 7.39. The number of hydrogen-bond acceptors (Lipinski definition) is 6. The molecule has 0 spiro atoms. The van der Waals surface area contributed by atoms with Gasteiger partial charge in [-0.3, -0.25) is 4.79 Å². The van der Waals surface area contributed by atoms with Gasteiger partial charge >= 0.3 is 0 Å². The third-order valence-corrected chi connectivity index (χ3v) is 6.03. The highest BCUT2D eigenvalue weighted by Crippen LogP contribution is 2.26. The molecule has 0 bridgehead atoms. The molecule has 2 heterocycles. The fourth-order valence-corrected chi connectivity index (χ4v) is 4.15. The lowest BCUT2D eigenvalue weighted by molar-refractivity contribution is -0.119. The van der Waals surface area contributed by atoms with Crippen LogP contribution in [0.25, 0.3) is 33.3 Å². The molecule has 5 aromatic rings. The van der Waals surface area contributed by atoms with Crippen LogP contribution in [0.4, 0.5) is 0 Å². The molecule has 8 heteroatoms. The standard InChI is InChI=1S/C24H21N5O2S/c1-2-18(22-26-19-9-5-6-10-20(19)27-22)25-21(30)14-32-24-29-28-23(31-24)17-12-11-15-7-3-4-8-16(15)13-17/h3-13,18H,2,14H2,1H3,(H,25,30)(H,26,27). The third-order valence-electron chi connectivity index (χ3n) is 5.21. The smallest absolute Gasteiger partial charge is 0.277 e. The molecular formula is C24H21N5O2S. The van der Waals surface area contributed by atoms with Crippen LogP contribution in [0.15, 0.2) is 76.4 Å². The van der Waals surface area contributed by atoms with Gasteiger partial charge in [0.1, 0.15) is 5.82 Å². The van der Waals surface area contributed by atoms with Crippen molar-refractivity contribution in [3.05, 3.63) is 72.6 Å². The summed E-state index contributed by atoms with van der Waals surface area (Å²) in [5.41, 5.74) is 2.69. The van der Waals surface area contributed by atoms with Crippen LogP contribution in [0, 0.1) is 0 Å². The maximum atomic E-state index is 12.5. The molecule has 0 aliphatic carbocycles. The number of nitrogens with one attached hydrogen (secondary N) is 2. The lowest BCUT2D eigenvalue weighted by atomic mass is 10.1. The van der Waals surface area contributed by atoms with Crippen LogP contribution < -0.4 is 5.32 Å². The summed E-state index contributed by atoms with van der Waals surface area (Å²) in [5.74, 6) is 1.25. The average molecular weight is 444 g/mol. The number of hydrogen-bond donors (Lipinski definition) is 2. The van der Waals surface area contributed by atoms with E-state index in [0.717, 1.165) is 39.6 Å². The Labute approximate surface area is 188 Å². The fraction of sp³-hybridized carbons (Fsp3) is 0.167. The lowest BCUT2D eigenvalue weighted by Crippen LogP contribution is -2.30. The summed E-state index contributed by atoms with van der Waals surface area (Å²) in [5, 5.41) is 13.9. The highest BCUT2D eigenvalue weighted by Gasteiger charge is 2.18. The van der Waals surface area contributed by atoms with Crippen molar-refractivity contribution >= 4 is 39.5 Å². The first-order valence-electron chi connectivity index (χ1n) is 10.4. The van der Waals surface area contributed by atoms with Crippen LogP contribution in [-0.4, -0.2) is 31.8 Å². The van der Waals surface area contributed by atoms with Crippen molar-refractivity contribution in [1.82, 2.24) is 25.5 Å². The van der Waals surface area contributed by atoms with Gasteiger partial charge < -0.3 is 14.7 Å². The van der Waals surface area contributed by atoms with Crippen LogP contribution in [-0.2, 0) is 4.79 Å². The van der Waals surface area contributed by atoms with Crippen molar-refractivity contribution in [2.24, 2.45) is 0 Å². The van der Waals surface area contributed by atoms with Crippen LogP contribution in [0.1, 0.15) is 25.2 Å². The van der Waals surface area contributed by atoms with Crippen LogP contribution in [0.5, 0.6) is 0 Å². The largest absolute Gasteiger partial charge is 0.411 e. The van der Waals surface area contributed by atoms with Gasteiger partial charge in [-0.1, -0.05) is 61.2 Å². The number of aromatic nitrogens is 4. The predicted octanol–water partition coefficient (Wildman–Crippen LogP) is 5.13. The van der Waals surface area contributed by atoms with Gasteiger partial charge in [-0.05, 0) is 41.5 Å². The monoisotopic (exact) mass is 443 g/mol. The van der Waals surface area contributed by atoms with Gasteiger partial charge in [-0.15, -0.1) is 10.2 Å². The highest BCUT2D eigenvalue weighted by molar-refractivity contribution is 7.99. The molecule has 0 saturated carbocycles. The van der Waals surface area contributed by atoms with E-state index < -0.39 is 0 Å². The topological polar surface area (TPSA) is 96.7 Å². The van der Waals surface area contributed by atoms with E-state index in [0.29, 0.717) is 11.1 Å². The number of carbonyl (C=O) groups is 1. The number of rotatable bonds is 7. The Hall–Kier alpha value is -3.65. The molecule has 0 saturated heterocycles. The minimum atomic E-state index is -0.189. The quantitative estimate of drug-likeness (QED) is 0.339. The summed E-state index contributed by atoms with van der Waals surface area (Å²) in [7, 11) is 0. The van der Waals surface area contributed by atoms with E-state index in [1.54, 1.807) is 0 Å². The molecule has 5 rings (SSSR count). The van der Waals surface area contributed by atoms with Gasteiger partial charge in [0, 0.05) is 5.56 Å². The average Bonchev–Trinajstić information content (AvgIpc) is 3.48. The first-order valence-corrected chi connectivity index (χ1v) is 11.4. The van der Waals surface area contributed by atoms with E-state index in [2.05, 4.69) is 31.5 Å². The van der Waals surface area contributed by atoms with Gasteiger partial charge in [0.25, 0.3) is 5.22 Å². The number of nitrogens with zero attached hydrogens (tertiary/aromatic N) is 3.